The van der Waals surface area contributed by atoms with Crippen molar-refractivity contribution in [3.05, 3.63) is 37.1 Å². The molecule has 84 valence electrons. The molecule has 1 N–H and O–H groups in total. The van der Waals surface area contributed by atoms with Crippen LogP contribution in [0.2, 0.25) is 0 Å². The van der Waals surface area contributed by atoms with Crippen molar-refractivity contribution in [2.45, 2.75) is 0 Å². The maximum absolute atomic E-state index is 11.6. The summed E-state index contributed by atoms with van der Waals surface area (Å²) in [5.41, 5.74) is -1.27. The predicted octanol–water partition coefficient (Wildman–Crippen LogP) is -0.526. The summed E-state index contributed by atoms with van der Waals surface area (Å²) in [5, 5.41) is 10.8. The monoisotopic (exact) mass is 224 g/mol. The first-order valence-electron chi connectivity index (χ1n) is 4.36. The van der Waals surface area contributed by atoms with Gasteiger partial charge in [-0.1, -0.05) is 0 Å². The molecule has 0 aliphatic rings. The van der Waals surface area contributed by atoms with E-state index in [1.54, 1.807) is 0 Å². The van der Waals surface area contributed by atoms with Gasteiger partial charge in [-0.25, -0.2) is 4.79 Å². The van der Waals surface area contributed by atoms with Gasteiger partial charge in [-0.3, -0.25) is 24.0 Å². The second-order valence-corrected chi connectivity index (χ2v) is 3.36. The number of nitrogens with zero attached hydrogens (tertiary/aromatic N) is 3. The number of aryl methyl sites for hydroxylation is 2. The third-order valence-corrected chi connectivity index (χ3v) is 2.46. The van der Waals surface area contributed by atoms with Gasteiger partial charge in [-0.2, -0.15) is 0 Å². The lowest BCUT2D eigenvalue weighted by molar-refractivity contribution is -0.383. The number of fused-ring (bicyclic) bond motifs is 1. The highest BCUT2D eigenvalue weighted by molar-refractivity contribution is 5.83. The minimum Gasteiger partial charge on any atom is -0.321 e. The number of nitro groups is 1. The van der Waals surface area contributed by atoms with Gasteiger partial charge in [0.1, 0.15) is 5.52 Å². The van der Waals surface area contributed by atoms with E-state index in [1.165, 1.54) is 14.1 Å². The number of pyridine rings is 1. The first kappa shape index (κ1) is 10.1. The van der Waals surface area contributed by atoms with Crippen LogP contribution in [0.15, 0.2) is 15.8 Å². The SMILES string of the molecule is Cn1c(=O)n(C)c2c(=O)[nH]cc([N+](=O)[O-])c21. The maximum Gasteiger partial charge on any atom is 0.328 e. The molecule has 2 heterocycles. The summed E-state index contributed by atoms with van der Waals surface area (Å²) < 4.78 is 2.17. The Labute approximate surface area is 87.9 Å². The van der Waals surface area contributed by atoms with Gasteiger partial charge in [0.25, 0.3) is 5.56 Å². The minimum atomic E-state index is -0.641. The van der Waals surface area contributed by atoms with Crippen molar-refractivity contribution in [1.82, 2.24) is 14.1 Å². The first-order chi connectivity index (χ1) is 7.45. The van der Waals surface area contributed by atoms with Crippen LogP contribution in [0.3, 0.4) is 0 Å². The fourth-order valence-corrected chi connectivity index (χ4v) is 1.70. The summed E-state index contributed by atoms with van der Waals surface area (Å²) in [6.07, 6.45) is 0.990. The zero-order valence-electron chi connectivity index (χ0n) is 8.55. The number of hydrogen-bond acceptors (Lipinski definition) is 4. The molecule has 0 saturated carbocycles. The van der Waals surface area contributed by atoms with Crippen LogP contribution in [-0.2, 0) is 14.1 Å². The van der Waals surface area contributed by atoms with Gasteiger partial charge in [-0.15, -0.1) is 0 Å². The van der Waals surface area contributed by atoms with Crippen LogP contribution in [0.4, 0.5) is 5.69 Å². The van der Waals surface area contributed by atoms with E-state index in [4.69, 9.17) is 0 Å². The van der Waals surface area contributed by atoms with E-state index in [0.717, 1.165) is 15.3 Å². The molecule has 0 unspecified atom stereocenters. The standard InChI is InChI=1S/C8H8N4O4/c1-10-5-4(12(15)16)3-9-7(13)6(5)11(2)8(10)14/h3H,1-2H3,(H,9,13). The average Bonchev–Trinajstić information content (AvgIpc) is 2.45. The number of H-pyrrole nitrogens is 1. The van der Waals surface area contributed by atoms with Crippen molar-refractivity contribution in [3.8, 4) is 0 Å². The van der Waals surface area contributed by atoms with Crippen molar-refractivity contribution >= 4 is 16.7 Å². The van der Waals surface area contributed by atoms with Gasteiger partial charge >= 0.3 is 11.4 Å². The zero-order valence-corrected chi connectivity index (χ0v) is 8.55. The highest BCUT2D eigenvalue weighted by Crippen LogP contribution is 2.19. The number of imidazole rings is 1. The van der Waals surface area contributed by atoms with E-state index < -0.39 is 16.2 Å². The van der Waals surface area contributed by atoms with Crippen LogP contribution in [0.25, 0.3) is 11.0 Å². The van der Waals surface area contributed by atoms with Crippen LogP contribution in [0, 0.1) is 10.1 Å². The number of aromatic nitrogens is 3. The summed E-state index contributed by atoms with van der Waals surface area (Å²) in [4.78, 5) is 35.4. The van der Waals surface area contributed by atoms with E-state index >= 15 is 0 Å². The Morgan fingerprint density at radius 1 is 1.25 bits per heavy atom. The molecule has 16 heavy (non-hydrogen) atoms. The Bertz CT molecular complexity index is 705. The molecule has 0 aromatic carbocycles. The molecular formula is C8H8N4O4. The van der Waals surface area contributed by atoms with Crippen molar-refractivity contribution in [1.29, 1.82) is 0 Å². The van der Waals surface area contributed by atoms with Crippen LogP contribution in [-0.4, -0.2) is 19.0 Å². The van der Waals surface area contributed by atoms with Gasteiger partial charge in [0, 0.05) is 14.1 Å². The zero-order chi connectivity index (χ0) is 12.0. The molecule has 2 rings (SSSR count). The molecule has 0 radical (unpaired) electrons. The van der Waals surface area contributed by atoms with Crippen molar-refractivity contribution in [2.24, 2.45) is 14.1 Å². The molecule has 0 amide bonds. The maximum atomic E-state index is 11.6. The molecule has 0 bridgehead atoms. The topological polar surface area (TPSA) is 103 Å². The number of aromatic amines is 1. The van der Waals surface area contributed by atoms with Crippen LogP contribution in [0.5, 0.6) is 0 Å². The van der Waals surface area contributed by atoms with E-state index in [-0.39, 0.29) is 16.7 Å². The molecule has 2 aromatic heterocycles. The summed E-state index contributed by atoms with van der Waals surface area (Å²) in [6, 6.07) is 0. The van der Waals surface area contributed by atoms with Gasteiger partial charge in [0.2, 0.25) is 0 Å². The third-order valence-electron chi connectivity index (χ3n) is 2.46. The highest BCUT2D eigenvalue weighted by Gasteiger charge is 2.21. The lowest BCUT2D eigenvalue weighted by atomic mass is 10.3. The van der Waals surface area contributed by atoms with Crippen LogP contribution >= 0.6 is 0 Å². The largest absolute Gasteiger partial charge is 0.328 e. The fourth-order valence-electron chi connectivity index (χ4n) is 1.70. The minimum absolute atomic E-state index is 0.00157. The quantitative estimate of drug-likeness (QED) is 0.519. The summed E-state index contributed by atoms with van der Waals surface area (Å²) in [7, 11) is 2.78. The van der Waals surface area contributed by atoms with E-state index in [0.29, 0.717) is 0 Å². The van der Waals surface area contributed by atoms with Crippen molar-refractivity contribution in [3.63, 3.8) is 0 Å². The molecule has 0 aliphatic carbocycles. The Hall–Kier alpha value is -2.38. The van der Waals surface area contributed by atoms with E-state index in [1.807, 2.05) is 0 Å². The lowest BCUT2D eigenvalue weighted by Crippen LogP contribution is -2.20. The summed E-state index contributed by atoms with van der Waals surface area (Å²) in [6.45, 7) is 0. The summed E-state index contributed by atoms with van der Waals surface area (Å²) in [5.74, 6) is 0. The van der Waals surface area contributed by atoms with Gasteiger partial charge in [0.15, 0.2) is 5.52 Å². The summed E-state index contributed by atoms with van der Waals surface area (Å²) >= 11 is 0. The van der Waals surface area contributed by atoms with Crippen molar-refractivity contribution < 1.29 is 4.92 Å². The first-order valence-corrected chi connectivity index (χ1v) is 4.36. The number of nitrogens with one attached hydrogen (secondary N) is 1. The second-order valence-electron chi connectivity index (χ2n) is 3.36. The molecule has 2 aromatic rings. The van der Waals surface area contributed by atoms with Crippen molar-refractivity contribution in [2.75, 3.05) is 0 Å². The normalized spacial score (nSPS) is 10.9. The molecule has 0 fully saturated rings. The third kappa shape index (κ3) is 1.09. The molecule has 0 aliphatic heterocycles. The van der Waals surface area contributed by atoms with Gasteiger partial charge < -0.3 is 4.98 Å². The Morgan fingerprint density at radius 3 is 2.38 bits per heavy atom. The second kappa shape index (κ2) is 3.05. The molecule has 0 saturated heterocycles. The average molecular weight is 224 g/mol. The van der Waals surface area contributed by atoms with Crippen LogP contribution < -0.4 is 11.2 Å². The Morgan fingerprint density at radius 2 is 1.81 bits per heavy atom. The molecule has 0 atom stereocenters. The number of rotatable bonds is 1. The van der Waals surface area contributed by atoms with Crippen LogP contribution in [0.1, 0.15) is 0 Å². The van der Waals surface area contributed by atoms with E-state index in [9.17, 15) is 19.7 Å². The lowest BCUT2D eigenvalue weighted by Gasteiger charge is -1.95. The van der Waals surface area contributed by atoms with Gasteiger partial charge in [0.05, 0.1) is 11.1 Å². The molecular weight excluding hydrogens is 216 g/mol. The Kier molecular flexibility index (Phi) is 1.94. The fraction of sp³-hybridized carbons (Fsp3) is 0.250. The van der Waals surface area contributed by atoms with Gasteiger partial charge in [-0.05, 0) is 0 Å². The smallest absolute Gasteiger partial charge is 0.321 e. The number of hydrogen-bond donors (Lipinski definition) is 1. The highest BCUT2D eigenvalue weighted by atomic mass is 16.6. The molecule has 0 spiro atoms. The predicted molar refractivity (Wildman–Crippen MR) is 55.4 cm³/mol. The molecule has 8 heteroatoms. The van der Waals surface area contributed by atoms with E-state index in [2.05, 4.69) is 4.98 Å². The Balaban J connectivity index is 3.18. The molecule has 8 nitrogen and oxygen atoms in total.